The van der Waals surface area contributed by atoms with E-state index in [0.29, 0.717) is 6.54 Å². The van der Waals surface area contributed by atoms with Gasteiger partial charge < -0.3 is 10.2 Å². The molecule has 0 atom stereocenters. The van der Waals surface area contributed by atoms with E-state index < -0.39 is 0 Å². The predicted molar refractivity (Wildman–Crippen MR) is 91.1 cm³/mol. The fourth-order valence-corrected chi connectivity index (χ4v) is 3.02. The summed E-state index contributed by atoms with van der Waals surface area (Å²) >= 11 is 0. The van der Waals surface area contributed by atoms with Crippen LogP contribution >= 0.6 is 0 Å². The molecular weight excluding hydrogens is 275 g/mol. The summed E-state index contributed by atoms with van der Waals surface area (Å²) in [5.74, 6) is -0.175. The fourth-order valence-electron chi connectivity index (χ4n) is 3.02. The first-order valence-electron chi connectivity index (χ1n) is 7.74. The van der Waals surface area contributed by atoms with E-state index >= 15 is 0 Å². The highest BCUT2D eigenvalue weighted by Gasteiger charge is 2.33. The second-order valence-corrected chi connectivity index (χ2v) is 6.84. The fraction of sp³-hybridized carbons (Fsp3) is 0.368. The number of hydrogen-bond acceptors (Lipinski definition) is 2. The lowest BCUT2D eigenvalue weighted by Crippen LogP contribution is -2.51. The molecule has 0 amide bonds. The second-order valence-electron chi connectivity index (χ2n) is 6.84. The van der Waals surface area contributed by atoms with Crippen LogP contribution in [0.2, 0.25) is 0 Å². The van der Waals surface area contributed by atoms with Gasteiger partial charge in [-0.1, -0.05) is 12.1 Å². The van der Waals surface area contributed by atoms with Gasteiger partial charge in [0.25, 0.3) is 0 Å². The molecule has 1 heterocycles. The van der Waals surface area contributed by atoms with Crippen molar-refractivity contribution >= 4 is 11.4 Å². The first-order chi connectivity index (χ1) is 10.4. The molecule has 2 nitrogen and oxygen atoms in total. The van der Waals surface area contributed by atoms with Gasteiger partial charge >= 0.3 is 0 Å². The molecule has 3 rings (SSSR count). The maximum absolute atomic E-state index is 13.5. The third kappa shape index (κ3) is 2.68. The minimum atomic E-state index is -0.175. The quantitative estimate of drug-likeness (QED) is 0.868. The van der Waals surface area contributed by atoms with Crippen LogP contribution in [0.5, 0.6) is 0 Å². The van der Waals surface area contributed by atoms with Gasteiger partial charge in [0.1, 0.15) is 5.82 Å². The molecule has 1 N–H and O–H groups in total. The van der Waals surface area contributed by atoms with Gasteiger partial charge in [-0.3, -0.25) is 0 Å². The molecule has 1 aliphatic rings. The highest BCUT2D eigenvalue weighted by molar-refractivity contribution is 5.75. The summed E-state index contributed by atoms with van der Waals surface area (Å²) in [6.45, 7) is 10.3. The summed E-state index contributed by atoms with van der Waals surface area (Å²) < 4.78 is 13.5. The molecular formula is C19H23FN2. The Balaban J connectivity index is 2.03. The largest absolute Gasteiger partial charge is 0.381 e. The molecule has 22 heavy (non-hydrogen) atoms. The number of aryl methyl sites for hydroxylation is 2. The van der Waals surface area contributed by atoms with Crippen LogP contribution in [0.3, 0.4) is 0 Å². The van der Waals surface area contributed by atoms with E-state index in [2.05, 4.69) is 50.0 Å². The lowest BCUT2D eigenvalue weighted by Gasteiger charge is -2.46. The first kappa shape index (κ1) is 14.9. The van der Waals surface area contributed by atoms with E-state index in [1.807, 2.05) is 6.07 Å². The summed E-state index contributed by atoms with van der Waals surface area (Å²) in [7, 11) is 0. The van der Waals surface area contributed by atoms with Gasteiger partial charge in [0.2, 0.25) is 0 Å². The highest BCUT2D eigenvalue weighted by Crippen LogP contribution is 2.38. The number of rotatable bonds is 2. The molecule has 0 saturated heterocycles. The van der Waals surface area contributed by atoms with Gasteiger partial charge in [-0.25, -0.2) is 4.39 Å². The Hall–Kier alpha value is -2.03. The Bertz CT molecular complexity index is 707. The summed E-state index contributed by atoms with van der Waals surface area (Å²) in [4.78, 5) is 2.38. The molecule has 1 aliphatic heterocycles. The summed E-state index contributed by atoms with van der Waals surface area (Å²) in [6.07, 6.45) is 0. The number of benzene rings is 2. The number of fused-ring (bicyclic) bond motifs is 1. The van der Waals surface area contributed by atoms with E-state index in [4.69, 9.17) is 0 Å². The van der Waals surface area contributed by atoms with E-state index in [9.17, 15) is 4.39 Å². The number of nitrogens with zero attached hydrogens (tertiary/aromatic N) is 1. The number of nitrogens with one attached hydrogen (secondary N) is 1. The van der Waals surface area contributed by atoms with Crippen LogP contribution in [-0.4, -0.2) is 12.1 Å². The Morgan fingerprint density at radius 3 is 2.59 bits per heavy atom. The maximum atomic E-state index is 13.5. The third-order valence-corrected chi connectivity index (χ3v) is 4.57. The molecule has 0 fully saturated rings. The van der Waals surface area contributed by atoms with Crippen molar-refractivity contribution in [3.8, 4) is 0 Å². The monoisotopic (exact) mass is 298 g/mol. The number of hydrogen-bond donors (Lipinski definition) is 1. The van der Waals surface area contributed by atoms with Gasteiger partial charge in [-0.15, -0.1) is 0 Å². The zero-order valence-electron chi connectivity index (χ0n) is 13.7. The van der Waals surface area contributed by atoms with Crippen molar-refractivity contribution in [3.63, 3.8) is 0 Å². The zero-order valence-corrected chi connectivity index (χ0v) is 13.7. The predicted octanol–water partition coefficient (Wildman–Crippen LogP) is 4.65. The first-order valence-corrected chi connectivity index (χ1v) is 7.74. The van der Waals surface area contributed by atoms with Gasteiger partial charge in [0.05, 0.1) is 16.9 Å². The molecule has 0 spiro atoms. The molecule has 116 valence electrons. The van der Waals surface area contributed by atoms with Crippen LogP contribution in [0.4, 0.5) is 15.8 Å². The van der Waals surface area contributed by atoms with Crippen molar-refractivity contribution < 1.29 is 4.39 Å². The Labute approximate surface area is 132 Å². The topological polar surface area (TPSA) is 15.3 Å². The number of halogens is 1. The molecule has 0 aromatic heterocycles. The molecule has 2 aromatic carbocycles. The normalized spacial score (nSPS) is 16.1. The molecule has 0 bridgehead atoms. The van der Waals surface area contributed by atoms with Crippen LogP contribution in [0, 0.1) is 19.7 Å². The molecule has 0 saturated carbocycles. The van der Waals surface area contributed by atoms with Crippen LogP contribution < -0.4 is 10.2 Å². The lowest BCUT2D eigenvalue weighted by molar-refractivity contribution is 0.468. The smallest absolute Gasteiger partial charge is 0.123 e. The van der Waals surface area contributed by atoms with Crippen molar-refractivity contribution in [2.45, 2.75) is 39.8 Å². The van der Waals surface area contributed by atoms with E-state index in [1.165, 1.54) is 28.6 Å². The Morgan fingerprint density at radius 2 is 1.86 bits per heavy atom. The maximum Gasteiger partial charge on any atom is 0.123 e. The molecule has 0 unspecified atom stereocenters. The van der Waals surface area contributed by atoms with E-state index in [-0.39, 0.29) is 11.4 Å². The van der Waals surface area contributed by atoms with Crippen LogP contribution in [0.15, 0.2) is 36.4 Å². The van der Waals surface area contributed by atoms with Crippen LogP contribution in [-0.2, 0) is 6.54 Å². The minimum absolute atomic E-state index is 0.0268. The SMILES string of the molecule is Cc1cc2c(cc1C)N(Cc1cccc(F)c1)C(C)(C)CN2. The third-order valence-electron chi connectivity index (χ3n) is 4.57. The van der Waals surface area contributed by atoms with Crippen molar-refractivity contribution in [2.75, 3.05) is 16.8 Å². The van der Waals surface area contributed by atoms with E-state index in [0.717, 1.165) is 12.1 Å². The van der Waals surface area contributed by atoms with Gasteiger partial charge in [0, 0.05) is 13.1 Å². The van der Waals surface area contributed by atoms with E-state index in [1.54, 1.807) is 12.1 Å². The summed E-state index contributed by atoms with van der Waals surface area (Å²) in [6, 6.07) is 11.3. The van der Waals surface area contributed by atoms with Gasteiger partial charge in [-0.2, -0.15) is 0 Å². The standard InChI is InChI=1S/C19H23FN2/c1-13-8-17-18(9-14(13)2)22(19(3,4)12-21-17)11-15-6-5-7-16(20)10-15/h5-10,21H,11-12H2,1-4H3. The Morgan fingerprint density at radius 1 is 1.14 bits per heavy atom. The summed E-state index contributed by atoms with van der Waals surface area (Å²) in [5.41, 5.74) is 5.90. The number of anilines is 2. The van der Waals surface area contributed by atoms with Crippen molar-refractivity contribution in [2.24, 2.45) is 0 Å². The van der Waals surface area contributed by atoms with Crippen LogP contribution in [0.25, 0.3) is 0 Å². The Kier molecular flexibility index (Phi) is 3.59. The molecule has 0 radical (unpaired) electrons. The lowest BCUT2D eigenvalue weighted by atomic mass is 9.94. The van der Waals surface area contributed by atoms with Crippen molar-refractivity contribution in [1.82, 2.24) is 0 Å². The second kappa shape index (κ2) is 5.31. The zero-order chi connectivity index (χ0) is 15.9. The highest BCUT2D eigenvalue weighted by atomic mass is 19.1. The van der Waals surface area contributed by atoms with Crippen molar-refractivity contribution in [3.05, 3.63) is 58.9 Å². The van der Waals surface area contributed by atoms with Gasteiger partial charge in [-0.05, 0) is 68.7 Å². The summed E-state index contributed by atoms with van der Waals surface area (Å²) in [5, 5.41) is 3.53. The average molecular weight is 298 g/mol. The molecule has 0 aliphatic carbocycles. The molecule has 3 heteroatoms. The average Bonchev–Trinajstić information content (AvgIpc) is 2.45. The van der Waals surface area contributed by atoms with Crippen molar-refractivity contribution in [1.29, 1.82) is 0 Å². The molecule has 2 aromatic rings. The minimum Gasteiger partial charge on any atom is -0.381 e. The van der Waals surface area contributed by atoms with Crippen LogP contribution in [0.1, 0.15) is 30.5 Å². The van der Waals surface area contributed by atoms with Gasteiger partial charge in [0.15, 0.2) is 0 Å².